The van der Waals surface area contributed by atoms with Gasteiger partial charge in [-0.1, -0.05) is 6.92 Å². The van der Waals surface area contributed by atoms with Crippen LogP contribution in [0.25, 0.3) is 0 Å². The number of ether oxygens (including phenoxy) is 1. The summed E-state index contributed by atoms with van der Waals surface area (Å²) in [5.74, 6) is -1.40. The molecule has 5 nitrogen and oxygen atoms in total. The van der Waals surface area contributed by atoms with Gasteiger partial charge < -0.3 is 15.0 Å². The van der Waals surface area contributed by atoms with Crippen molar-refractivity contribution in [3.63, 3.8) is 0 Å². The summed E-state index contributed by atoms with van der Waals surface area (Å²) in [4.78, 5) is 25.8. The molecular weight excluding hydrogens is 342 g/mol. The van der Waals surface area contributed by atoms with Crippen LogP contribution in [0, 0.1) is 11.6 Å². The number of nitrogens with one attached hydrogen (secondary N) is 1. The Balaban J connectivity index is 1.70. The van der Waals surface area contributed by atoms with Gasteiger partial charge in [-0.15, -0.1) is 0 Å². The molecule has 0 saturated carbocycles. The Hall–Kier alpha value is -2.18. The first-order valence-corrected chi connectivity index (χ1v) is 9.14. The normalized spacial score (nSPS) is 17.0. The Morgan fingerprint density at radius 3 is 2.85 bits per heavy atom. The third-order valence-electron chi connectivity index (χ3n) is 4.30. The zero-order chi connectivity index (χ0) is 18.9. The molecule has 1 fully saturated rings. The number of benzene rings is 1. The number of rotatable bonds is 8. The van der Waals surface area contributed by atoms with Crippen LogP contribution in [-0.4, -0.2) is 42.5 Å². The molecule has 7 heteroatoms. The van der Waals surface area contributed by atoms with Gasteiger partial charge in [0.1, 0.15) is 5.82 Å². The second kappa shape index (κ2) is 10.1. The third-order valence-corrected chi connectivity index (χ3v) is 4.30. The minimum Gasteiger partial charge on any atom is -0.491 e. The van der Waals surface area contributed by atoms with Gasteiger partial charge in [0.2, 0.25) is 11.8 Å². The molecule has 1 saturated heterocycles. The molecule has 2 amide bonds. The molecule has 1 heterocycles. The van der Waals surface area contributed by atoms with Crippen LogP contribution >= 0.6 is 0 Å². The second-order valence-corrected chi connectivity index (χ2v) is 6.52. The topological polar surface area (TPSA) is 58.6 Å². The molecule has 1 N–H and O–H groups in total. The molecule has 2 rings (SSSR count). The van der Waals surface area contributed by atoms with Crippen LogP contribution in [0.4, 0.5) is 8.78 Å². The number of likely N-dealkylation sites (tertiary alicyclic amines) is 1. The predicted octanol–water partition coefficient (Wildman–Crippen LogP) is 3.03. The summed E-state index contributed by atoms with van der Waals surface area (Å²) in [6.07, 6.45) is 3.78. The van der Waals surface area contributed by atoms with Crippen LogP contribution in [0.3, 0.4) is 0 Å². The zero-order valence-electron chi connectivity index (χ0n) is 15.1. The Labute approximate surface area is 152 Å². The summed E-state index contributed by atoms with van der Waals surface area (Å²) >= 11 is 0. The molecule has 1 aliphatic rings. The van der Waals surface area contributed by atoms with Crippen LogP contribution in [0.15, 0.2) is 18.2 Å². The SMILES string of the molecule is CCCC(=O)NC1CCCN(C(=O)CCCOc2ccc(F)cc2F)C1. The maximum absolute atomic E-state index is 13.5. The first-order chi connectivity index (χ1) is 12.5. The molecule has 0 bridgehead atoms. The van der Waals surface area contributed by atoms with Crippen molar-refractivity contribution in [1.82, 2.24) is 10.2 Å². The van der Waals surface area contributed by atoms with Gasteiger partial charge >= 0.3 is 0 Å². The molecule has 1 unspecified atom stereocenters. The van der Waals surface area contributed by atoms with Gasteiger partial charge in [-0.2, -0.15) is 0 Å². The highest BCUT2D eigenvalue weighted by Gasteiger charge is 2.24. The van der Waals surface area contributed by atoms with E-state index in [0.29, 0.717) is 32.4 Å². The second-order valence-electron chi connectivity index (χ2n) is 6.52. The zero-order valence-corrected chi connectivity index (χ0v) is 15.1. The van der Waals surface area contributed by atoms with Crippen LogP contribution in [0.2, 0.25) is 0 Å². The third kappa shape index (κ3) is 6.28. The van der Waals surface area contributed by atoms with E-state index in [0.717, 1.165) is 31.4 Å². The highest BCUT2D eigenvalue weighted by Crippen LogP contribution is 2.18. The summed E-state index contributed by atoms with van der Waals surface area (Å²) in [7, 11) is 0. The average Bonchev–Trinajstić information content (AvgIpc) is 2.60. The van der Waals surface area contributed by atoms with Crippen molar-refractivity contribution in [1.29, 1.82) is 0 Å². The molecule has 144 valence electrons. The molecular formula is C19H26F2N2O3. The monoisotopic (exact) mass is 368 g/mol. The van der Waals surface area contributed by atoms with Gasteiger partial charge in [-0.05, 0) is 37.8 Å². The van der Waals surface area contributed by atoms with Gasteiger partial charge in [0, 0.05) is 38.0 Å². The Morgan fingerprint density at radius 1 is 1.31 bits per heavy atom. The van der Waals surface area contributed by atoms with E-state index in [2.05, 4.69) is 5.32 Å². The lowest BCUT2D eigenvalue weighted by Crippen LogP contribution is -2.49. The van der Waals surface area contributed by atoms with E-state index in [4.69, 9.17) is 4.74 Å². The number of nitrogens with zero attached hydrogens (tertiary/aromatic N) is 1. The molecule has 0 aliphatic carbocycles. The fraction of sp³-hybridized carbons (Fsp3) is 0.579. The standard InChI is InChI=1S/C19H26F2N2O3/c1-2-5-18(24)22-15-6-3-10-23(13-15)19(25)7-4-11-26-17-9-8-14(20)12-16(17)21/h8-9,12,15H,2-7,10-11,13H2,1H3,(H,22,24). The van der Waals surface area contributed by atoms with Crippen molar-refractivity contribution >= 4 is 11.8 Å². The van der Waals surface area contributed by atoms with Crippen molar-refractivity contribution in [2.24, 2.45) is 0 Å². The number of hydrogen-bond donors (Lipinski definition) is 1. The van der Waals surface area contributed by atoms with E-state index in [-0.39, 0.29) is 30.2 Å². The molecule has 0 spiro atoms. The number of piperidine rings is 1. The predicted molar refractivity (Wildman–Crippen MR) is 93.7 cm³/mol. The molecule has 0 aromatic heterocycles. The fourth-order valence-corrected chi connectivity index (χ4v) is 3.00. The van der Waals surface area contributed by atoms with Crippen molar-refractivity contribution < 1.29 is 23.1 Å². The first kappa shape index (κ1) is 20.1. The quantitative estimate of drug-likeness (QED) is 0.718. The Morgan fingerprint density at radius 2 is 2.12 bits per heavy atom. The number of amides is 2. The lowest BCUT2D eigenvalue weighted by atomic mass is 10.0. The number of halogens is 2. The average molecular weight is 368 g/mol. The Kier molecular flexibility index (Phi) is 7.81. The van der Waals surface area contributed by atoms with E-state index in [9.17, 15) is 18.4 Å². The summed E-state index contributed by atoms with van der Waals surface area (Å²) in [6, 6.07) is 3.14. The summed E-state index contributed by atoms with van der Waals surface area (Å²) in [5, 5.41) is 2.97. The van der Waals surface area contributed by atoms with E-state index in [1.165, 1.54) is 6.07 Å². The summed E-state index contributed by atoms with van der Waals surface area (Å²) in [6.45, 7) is 3.35. The minimum absolute atomic E-state index is 0.00242. The van der Waals surface area contributed by atoms with Crippen LogP contribution in [0.1, 0.15) is 45.4 Å². The van der Waals surface area contributed by atoms with Gasteiger partial charge in [0.05, 0.1) is 6.61 Å². The lowest BCUT2D eigenvalue weighted by Gasteiger charge is -2.33. The van der Waals surface area contributed by atoms with Gasteiger partial charge in [0.25, 0.3) is 0 Å². The van der Waals surface area contributed by atoms with Gasteiger partial charge in [0.15, 0.2) is 11.6 Å². The van der Waals surface area contributed by atoms with Crippen molar-refractivity contribution in [3.8, 4) is 5.75 Å². The molecule has 1 aromatic carbocycles. The summed E-state index contributed by atoms with van der Waals surface area (Å²) in [5.41, 5.74) is 0. The first-order valence-electron chi connectivity index (χ1n) is 9.14. The van der Waals surface area contributed by atoms with E-state index in [1.807, 2.05) is 6.92 Å². The van der Waals surface area contributed by atoms with Crippen molar-refractivity contribution in [2.45, 2.75) is 51.5 Å². The van der Waals surface area contributed by atoms with E-state index in [1.54, 1.807) is 4.90 Å². The van der Waals surface area contributed by atoms with Gasteiger partial charge in [-0.3, -0.25) is 9.59 Å². The van der Waals surface area contributed by atoms with E-state index >= 15 is 0 Å². The highest BCUT2D eigenvalue weighted by molar-refractivity contribution is 5.77. The van der Waals surface area contributed by atoms with Crippen LogP contribution in [0.5, 0.6) is 5.75 Å². The van der Waals surface area contributed by atoms with Crippen LogP contribution < -0.4 is 10.1 Å². The molecule has 1 aliphatic heterocycles. The van der Waals surface area contributed by atoms with Crippen molar-refractivity contribution in [3.05, 3.63) is 29.8 Å². The Bertz CT molecular complexity index is 625. The summed E-state index contributed by atoms with van der Waals surface area (Å²) < 4.78 is 31.5. The lowest BCUT2D eigenvalue weighted by molar-refractivity contribution is -0.133. The molecule has 1 atom stereocenters. The minimum atomic E-state index is -0.752. The number of carbonyl (C=O) groups excluding carboxylic acids is 2. The number of hydrogen-bond acceptors (Lipinski definition) is 3. The smallest absolute Gasteiger partial charge is 0.222 e. The number of carbonyl (C=O) groups is 2. The highest BCUT2D eigenvalue weighted by atomic mass is 19.1. The maximum Gasteiger partial charge on any atom is 0.222 e. The molecule has 1 aromatic rings. The largest absolute Gasteiger partial charge is 0.491 e. The van der Waals surface area contributed by atoms with Gasteiger partial charge in [-0.25, -0.2) is 8.78 Å². The fourth-order valence-electron chi connectivity index (χ4n) is 3.00. The molecule has 26 heavy (non-hydrogen) atoms. The maximum atomic E-state index is 13.5. The van der Waals surface area contributed by atoms with E-state index < -0.39 is 11.6 Å². The van der Waals surface area contributed by atoms with Crippen molar-refractivity contribution in [2.75, 3.05) is 19.7 Å². The van der Waals surface area contributed by atoms with Crippen LogP contribution in [-0.2, 0) is 9.59 Å². The molecule has 0 radical (unpaired) electrons.